The molecular weight excluding hydrogens is 319 g/mol. The largest absolute Gasteiger partial charge is 0.383 e. The average molecular weight is 329 g/mol. The summed E-state index contributed by atoms with van der Waals surface area (Å²) in [6.07, 6.45) is 1.53. The van der Waals surface area contributed by atoms with E-state index in [0.717, 1.165) is 0 Å². The number of nitrogens with two attached hydrogens (primary N) is 1. The molecule has 0 unspecified atom stereocenters. The molecule has 4 nitrogen and oxygen atoms in total. The molecule has 0 aliphatic carbocycles. The van der Waals surface area contributed by atoms with E-state index in [-0.39, 0.29) is 5.82 Å². The van der Waals surface area contributed by atoms with Gasteiger partial charge in [0, 0.05) is 10.7 Å². The van der Waals surface area contributed by atoms with Gasteiger partial charge in [-0.05, 0) is 17.2 Å². The summed E-state index contributed by atoms with van der Waals surface area (Å²) in [5.74, 6) is 0.194. The van der Waals surface area contributed by atoms with Gasteiger partial charge >= 0.3 is 0 Å². The van der Waals surface area contributed by atoms with Crippen LogP contribution in [0.3, 0.4) is 0 Å². The van der Waals surface area contributed by atoms with Gasteiger partial charge in [-0.3, -0.25) is 5.43 Å². The Balaban J connectivity index is 2.03. The number of hydrogen-bond donors (Lipinski definition) is 2. The number of anilines is 2. The third-order valence-electron chi connectivity index (χ3n) is 2.12. The number of alkyl halides is 1. The van der Waals surface area contributed by atoms with Crippen LogP contribution >= 0.6 is 27.3 Å². The Morgan fingerprint density at radius 3 is 3.00 bits per heavy atom. The number of thiazole rings is 1. The molecule has 2 rings (SSSR count). The molecule has 0 atom stereocenters. The Kier molecular flexibility index (Phi) is 4.27. The van der Waals surface area contributed by atoms with Crippen molar-refractivity contribution >= 4 is 44.4 Å². The van der Waals surface area contributed by atoms with Gasteiger partial charge in [0.25, 0.3) is 0 Å². The lowest BCUT2D eigenvalue weighted by atomic mass is 10.1. The number of hydrogen-bond acceptors (Lipinski definition) is 5. The highest BCUT2D eigenvalue weighted by atomic mass is 79.9. The molecule has 94 valence electrons. The number of benzene rings is 1. The zero-order valence-electron chi connectivity index (χ0n) is 9.23. The first kappa shape index (κ1) is 13.0. The molecule has 0 bridgehead atoms. The van der Waals surface area contributed by atoms with Gasteiger partial charge in [-0.15, -0.1) is 11.3 Å². The van der Waals surface area contributed by atoms with Gasteiger partial charge in [0.1, 0.15) is 11.6 Å². The smallest absolute Gasteiger partial charge is 0.205 e. The Bertz CT molecular complexity index is 570. The van der Waals surface area contributed by atoms with E-state index in [1.165, 1.54) is 23.6 Å². The summed E-state index contributed by atoms with van der Waals surface area (Å²) in [5.41, 5.74) is 9.49. The maximum Gasteiger partial charge on any atom is 0.205 e. The molecule has 7 heteroatoms. The number of hydrazone groups is 1. The first-order valence-electron chi connectivity index (χ1n) is 5.03. The first-order chi connectivity index (χ1) is 8.69. The van der Waals surface area contributed by atoms with Crippen molar-refractivity contribution in [3.63, 3.8) is 0 Å². The summed E-state index contributed by atoms with van der Waals surface area (Å²) in [7, 11) is 0. The fraction of sp³-hybridized carbons (Fsp3) is 0.0909. The molecule has 0 radical (unpaired) electrons. The second-order valence-corrected chi connectivity index (χ2v) is 4.85. The zero-order valence-corrected chi connectivity index (χ0v) is 11.6. The van der Waals surface area contributed by atoms with Crippen LogP contribution in [0.1, 0.15) is 11.1 Å². The van der Waals surface area contributed by atoms with Crippen molar-refractivity contribution in [3.8, 4) is 0 Å². The molecule has 0 fully saturated rings. The lowest BCUT2D eigenvalue weighted by Crippen LogP contribution is -1.93. The summed E-state index contributed by atoms with van der Waals surface area (Å²) in [6, 6.07) is 4.94. The normalized spacial score (nSPS) is 11.0. The van der Waals surface area contributed by atoms with E-state index in [9.17, 15) is 4.39 Å². The molecule has 1 aromatic heterocycles. The van der Waals surface area contributed by atoms with Crippen LogP contribution in [0.4, 0.5) is 15.3 Å². The van der Waals surface area contributed by atoms with Gasteiger partial charge in [-0.25, -0.2) is 9.37 Å². The minimum atomic E-state index is -0.255. The van der Waals surface area contributed by atoms with Crippen molar-refractivity contribution in [1.82, 2.24) is 4.98 Å². The third kappa shape index (κ3) is 3.27. The van der Waals surface area contributed by atoms with E-state index >= 15 is 0 Å². The molecule has 0 spiro atoms. The second kappa shape index (κ2) is 5.92. The minimum absolute atomic E-state index is 0.255. The van der Waals surface area contributed by atoms with Crippen LogP contribution in [0.5, 0.6) is 0 Å². The molecule has 0 saturated heterocycles. The Morgan fingerprint density at radius 1 is 1.56 bits per heavy atom. The summed E-state index contributed by atoms with van der Waals surface area (Å²) in [5, 5.41) is 6.76. The molecule has 1 heterocycles. The van der Waals surface area contributed by atoms with E-state index in [4.69, 9.17) is 5.73 Å². The standard InChI is InChI=1S/C11H10BrFN4S/c12-4-8-2-1-7(3-9(8)13)5-15-17-11-16-10(14)6-18-11/h1-3,5-6H,4,14H2,(H,16,17). The lowest BCUT2D eigenvalue weighted by molar-refractivity contribution is 0.617. The summed E-state index contributed by atoms with van der Waals surface area (Å²) in [6.45, 7) is 0. The van der Waals surface area contributed by atoms with E-state index < -0.39 is 0 Å². The molecule has 0 aliphatic rings. The van der Waals surface area contributed by atoms with E-state index in [0.29, 0.717) is 27.4 Å². The average Bonchev–Trinajstić information content (AvgIpc) is 2.75. The number of rotatable bonds is 4. The Morgan fingerprint density at radius 2 is 2.39 bits per heavy atom. The Labute approximate surface area is 116 Å². The van der Waals surface area contributed by atoms with Gasteiger partial charge in [0.2, 0.25) is 5.13 Å². The summed E-state index contributed by atoms with van der Waals surface area (Å²) in [4.78, 5) is 3.98. The molecule has 3 N–H and O–H groups in total. The summed E-state index contributed by atoms with van der Waals surface area (Å²) >= 11 is 4.57. The summed E-state index contributed by atoms with van der Waals surface area (Å²) < 4.78 is 13.5. The number of nitrogens with zero attached hydrogens (tertiary/aromatic N) is 2. The fourth-order valence-corrected chi connectivity index (χ4v) is 2.26. The van der Waals surface area contributed by atoms with Crippen molar-refractivity contribution in [2.45, 2.75) is 5.33 Å². The quantitative estimate of drug-likeness (QED) is 0.514. The molecule has 0 amide bonds. The lowest BCUT2D eigenvalue weighted by Gasteiger charge is -1.99. The van der Waals surface area contributed by atoms with Crippen LogP contribution < -0.4 is 11.2 Å². The minimum Gasteiger partial charge on any atom is -0.383 e. The monoisotopic (exact) mass is 328 g/mol. The molecule has 18 heavy (non-hydrogen) atoms. The van der Waals surface area contributed by atoms with Gasteiger partial charge in [-0.1, -0.05) is 28.1 Å². The SMILES string of the molecule is Nc1csc(NN=Cc2ccc(CBr)c(F)c2)n1. The van der Waals surface area contributed by atoms with Crippen LogP contribution in [0.25, 0.3) is 0 Å². The number of halogens is 2. The molecule has 0 saturated carbocycles. The highest BCUT2D eigenvalue weighted by molar-refractivity contribution is 9.08. The third-order valence-corrected chi connectivity index (χ3v) is 3.49. The zero-order chi connectivity index (χ0) is 13.0. The maximum atomic E-state index is 13.5. The van der Waals surface area contributed by atoms with Gasteiger partial charge in [0.15, 0.2) is 0 Å². The highest BCUT2D eigenvalue weighted by Crippen LogP contribution is 2.16. The topological polar surface area (TPSA) is 63.3 Å². The van der Waals surface area contributed by atoms with Crippen LogP contribution in [0.15, 0.2) is 28.7 Å². The molecule has 1 aromatic carbocycles. The van der Waals surface area contributed by atoms with Crippen molar-refractivity contribution < 1.29 is 4.39 Å². The predicted molar refractivity (Wildman–Crippen MR) is 76.8 cm³/mol. The number of nitrogen functional groups attached to an aromatic ring is 1. The number of aromatic nitrogens is 1. The van der Waals surface area contributed by atoms with Gasteiger partial charge in [-0.2, -0.15) is 5.10 Å². The van der Waals surface area contributed by atoms with Crippen molar-refractivity contribution in [2.24, 2.45) is 5.10 Å². The van der Waals surface area contributed by atoms with E-state index in [2.05, 4.69) is 31.4 Å². The van der Waals surface area contributed by atoms with Crippen molar-refractivity contribution in [2.75, 3.05) is 11.2 Å². The molecule has 0 aliphatic heterocycles. The first-order valence-corrected chi connectivity index (χ1v) is 7.03. The predicted octanol–water partition coefficient (Wildman–Crippen LogP) is 3.21. The number of nitrogens with one attached hydrogen (secondary N) is 1. The van der Waals surface area contributed by atoms with Crippen molar-refractivity contribution in [3.05, 3.63) is 40.5 Å². The van der Waals surface area contributed by atoms with Crippen LogP contribution in [-0.4, -0.2) is 11.2 Å². The maximum absolute atomic E-state index is 13.5. The van der Waals surface area contributed by atoms with Gasteiger partial charge in [0.05, 0.1) is 6.21 Å². The van der Waals surface area contributed by atoms with Gasteiger partial charge < -0.3 is 5.73 Å². The van der Waals surface area contributed by atoms with Crippen LogP contribution in [-0.2, 0) is 5.33 Å². The fourth-order valence-electron chi connectivity index (χ4n) is 1.25. The highest BCUT2D eigenvalue weighted by Gasteiger charge is 2.00. The second-order valence-electron chi connectivity index (χ2n) is 3.43. The van der Waals surface area contributed by atoms with Crippen molar-refractivity contribution in [1.29, 1.82) is 0 Å². The van der Waals surface area contributed by atoms with E-state index in [1.54, 1.807) is 17.5 Å². The van der Waals surface area contributed by atoms with E-state index in [1.807, 2.05) is 0 Å². The van der Waals surface area contributed by atoms with Crippen LogP contribution in [0, 0.1) is 5.82 Å². The van der Waals surface area contributed by atoms with Crippen LogP contribution in [0.2, 0.25) is 0 Å². The molecule has 2 aromatic rings. The molecular formula is C11H10BrFN4S. The Hall–Kier alpha value is -1.47.